The number of carbonyl (C=O) groups is 2. The van der Waals surface area contributed by atoms with Crippen LogP contribution in [0.4, 0.5) is 0 Å². The number of aliphatic hydroxyl groups is 1. The molecular weight excluding hydrogens is 302 g/mol. The number of benzene rings is 1. The zero-order valence-electron chi connectivity index (χ0n) is 9.81. The van der Waals surface area contributed by atoms with Gasteiger partial charge in [-0.2, -0.15) is 0 Å². The van der Waals surface area contributed by atoms with Crippen LogP contribution < -0.4 is 5.32 Å². The van der Waals surface area contributed by atoms with Crippen molar-refractivity contribution in [2.45, 2.75) is 19.4 Å². The van der Waals surface area contributed by atoms with Crippen molar-refractivity contribution in [3.63, 3.8) is 0 Å². The van der Waals surface area contributed by atoms with Crippen molar-refractivity contribution in [2.75, 3.05) is 6.61 Å². The predicted octanol–water partition coefficient (Wildman–Crippen LogP) is 1.32. The molecular formula is C12H14BrNO4. The second-order valence-electron chi connectivity index (χ2n) is 3.86. The number of carboxylic acid groups (broad SMARTS) is 1. The van der Waals surface area contributed by atoms with Crippen LogP contribution in [-0.4, -0.2) is 34.7 Å². The molecule has 1 aromatic rings. The van der Waals surface area contributed by atoms with E-state index in [-0.39, 0.29) is 13.0 Å². The average Bonchev–Trinajstić information content (AvgIpc) is 2.27. The number of hydrogen-bond donors (Lipinski definition) is 3. The fourth-order valence-corrected chi connectivity index (χ4v) is 2.10. The van der Waals surface area contributed by atoms with Crippen LogP contribution in [0.2, 0.25) is 0 Å². The van der Waals surface area contributed by atoms with Crippen LogP contribution >= 0.6 is 15.9 Å². The van der Waals surface area contributed by atoms with Gasteiger partial charge in [-0.05, 0) is 40.5 Å². The Labute approximate surface area is 113 Å². The highest BCUT2D eigenvalue weighted by Crippen LogP contribution is 2.18. The first-order valence-electron chi connectivity index (χ1n) is 5.36. The van der Waals surface area contributed by atoms with Gasteiger partial charge in [-0.1, -0.05) is 6.07 Å². The van der Waals surface area contributed by atoms with E-state index in [0.717, 1.165) is 5.56 Å². The van der Waals surface area contributed by atoms with E-state index in [0.29, 0.717) is 10.0 Å². The molecule has 0 bridgehead atoms. The van der Waals surface area contributed by atoms with Crippen molar-refractivity contribution in [1.82, 2.24) is 5.32 Å². The second kappa shape index (κ2) is 6.51. The molecule has 0 saturated carbocycles. The highest BCUT2D eigenvalue weighted by atomic mass is 79.9. The summed E-state index contributed by atoms with van der Waals surface area (Å²) >= 11 is 3.26. The first kappa shape index (κ1) is 14.7. The lowest BCUT2D eigenvalue weighted by Crippen LogP contribution is -2.41. The molecule has 1 rings (SSSR count). The smallest absolute Gasteiger partial charge is 0.326 e. The molecule has 0 aliphatic rings. The number of carboxylic acids is 1. The number of rotatable bonds is 5. The van der Waals surface area contributed by atoms with E-state index < -0.39 is 17.9 Å². The molecule has 0 spiro atoms. The fraction of sp³-hybridized carbons (Fsp3) is 0.333. The normalized spacial score (nSPS) is 11.9. The lowest BCUT2D eigenvalue weighted by molar-refractivity contribution is -0.139. The van der Waals surface area contributed by atoms with Gasteiger partial charge in [-0.3, -0.25) is 4.79 Å². The number of aliphatic hydroxyl groups excluding tert-OH is 1. The maximum Gasteiger partial charge on any atom is 0.326 e. The Morgan fingerprint density at radius 2 is 2.11 bits per heavy atom. The molecule has 0 unspecified atom stereocenters. The summed E-state index contributed by atoms with van der Waals surface area (Å²) in [4.78, 5) is 22.7. The first-order chi connectivity index (χ1) is 8.45. The molecule has 0 fully saturated rings. The van der Waals surface area contributed by atoms with Crippen LogP contribution in [0.3, 0.4) is 0 Å². The Morgan fingerprint density at radius 3 is 2.61 bits per heavy atom. The Bertz CT molecular complexity index is 461. The Kier molecular flexibility index (Phi) is 5.30. The van der Waals surface area contributed by atoms with Gasteiger partial charge in [0.15, 0.2) is 0 Å². The summed E-state index contributed by atoms with van der Waals surface area (Å²) in [5, 5.41) is 20.0. The third-order valence-corrected chi connectivity index (χ3v) is 3.05. The molecule has 1 aromatic carbocycles. The lowest BCUT2D eigenvalue weighted by Gasteiger charge is -2.14. The summed E-state index contributed by atoms with van der Waals surface area (Å²) in [6.45, 7) is 1.59. The van der Waals surface area contributed by atoms with Gasteiger partial charge in [0.25, 0.3) is 5.91 Å². The van der Waals surface area contributed by atoms with E-state index in [4.69, 9.17) is 10.2 Å². The Hall–Kier alpha value is -1.40. The molecule has 0 aromatic heterocycles. The van der Waals surface area contributed by atoms with Crippen molar-refractivity contribution < 1.29 is 19.8 Å². The van der Waals surface area contributed by atoms with Gasteiger partial charge < -0.3 is 15.5 Å². The van der Waals surface area contributed by atoms with Gasteiger partial charge >= 0.3 is 5.97 Å². The first-order valence-corrected chi connectivity index (χ1v) is 6.15. The molecule has 0 saturated heterocycles. The second-order valence-corrected chi connectivity index (χ2v) is 4.71. The molecule has 0 heterocycles. The van der Waals surface area contributed by atoms with Crippen LogP contribution in [0.15, 0.2) is 22.7 Å². The van der Waals surface area contributed by atoms with Crippen LogP contribution in [0.5, 0.6) is 0 Å². The molecule has 6 heteroatoms. The van der Waals surface area contributed by atoms with Gasteiger partial charge in [0.1, 0.15) is 6.04 Å². The highest BCUT2D eigenvalue weighted by molar-refractivity contribution is 9.10. The van der Waals surface area contributed by atoms with E-state index in [2.05, 4.69) is 21.2 Å². The summed E-state index contributed by atoms with van der Waals surface area (Å²) < 4.78 is 0.605. The van der Waals surface area contributed by atoms with E-state index in [1.54, 1.807) is 18.2 Å². The van der Waals surface area contributed by atoms with Gasteiger partial charge in [0.2, 0.25) is 0 Å². The SMILES string of the molecule is Cc1ccc(C(=O)N[C@@H](CCO)C(=O)O)c(Br)c1. The summed E-state index contributed by atoms with van der Waals surface area (Å²) in [5.74, 6) is -1.65. The van der Waals surface area contributed by atoms with Crippen LogP contribution in [0.1, 0.15) is 22.3 Å². The van der Waals surface area contributed by atoms with Crippen molar-refractivity contribution in [3.8, 4) is 0 Å². The van der Waals surface area contributed by atoms with Gasteiger partial charge in [-0.15, -0.1) is 0 Å². The van der Waals surface area contributed by atoms with Gasteiger partial charge in [0.05, 0.1) is 5.56 Å². The quantitative estimate of drug-likeness (QED) is 0.765. The number of amides is 1. The number of halogens is 1. The van der Waals surface area contributed by atoms with Crippen molar-refractivity contribution in [2.24, 2.45) is 0 Å². The van der Waals surface area contributed by atoms with E-state index in [1.165, 1.54) is 0 Å². The largest absolute Gasteiger partial charge is 0.480 e. The Balaban J connectivity index is 2.83. The van der Waals surface area contributed by atoms with Crippen LogP contribution in [-0.2, 0) is 4.79 Å². The number of aliphatic carboxylic acids is 1. The zero-order valence-corrected chi connectivity index (χ0v) is 11.4. The molecule has 0 aliphatic carbocycles. The highest BCUT2D eigenvalue weighted by Gasteiger charge is 2.21. The van der Waals surface area contributed by atoms with Crippen molar-refractivity contribution in [3.05, 3.63) is 33.8 Å². The number of aryl methyl sites for hydroxylation is 1. The van der Waals surface area contributed by atoms with E-state index >= 15 is 0 Å². The lowest BCUT2D eigenvalue weighted by atomic mass is 10.1. The van der Waals surface area contributed by atoms with Gasteiger partial charge in [-0.25, -0.2) is 4.79 Å². The molecule has 1 amide bonds. The molecule has 0 radical (unpaired) electrons. The van der Waals surface area contributed by atoms with Gasteiger partial charge in [0, 0.05) is 17.5 Å². The molecule has 0 aliphatic heterocycles. The standard InChI is InChI=1S/C12H14BrNO4/c1-7-2-3-8(9(13)6-7)11(16)14-10(4-5-15)12(17)18/h2-3,6,10,15H,4-5H2,1H3,(H,14,16)(H,17,18)/t10-/m0/s1. The fourth-order valence-electron chi connectivity index (χ4n) is 1.43. The maximum absolute atomic E-state index is 11.9. The maximum atomic E-state index is 11.9. The van der Waals surface area contributed by atoms with Crippen molar-refractivity contribution in [1.29, 1.82) is 0 Å². The molecule has 1 atom stereocenters. The molecule has 98 valence electrons. The third-order valence-electron chi connectivity index (χ3n) is 2.39. The monoisotopic (exact) mass is 315 g/mol. The molecule has 3 N–H and O–H groups in total. The topological polar surface area (TPSA) is 86.6 Å². The summed E-state index contributed by atoms with van der Waals surface area (Å²) in [6.07, 6.45) is -0.0233. The summed E-state index contributed by atoms with van der Waals surface area (Å²) in [6, 6.07) is 4.07. The number of nitrogens with one attached hydrogen (secondary N) is 1. The number of hydrogen-bond acceptors (Lipinski definition) is 3. The summed E-state index contributed by atoms with van der Waals surface area (Å²) in [7, 11) is 0. The average molecular weight is 316 g/mol. The van der Waals surface area contributed by atoms with Crippen LogP contribution in [0, 0.1) is 6.92 Å². The van der Waals surface area contributed by atoms with E-state index in [1.807, 2.05) is 6.92 Å². The minimum atomic E-state index is -1.17. The minimum absolute atomic E-state index is 0.0233. The van der Waals surface area contributed by atoms with Crippen LogP contribution in [0.25, 0.3) is 0 Å². The van der Waals surface area contributed by atoms with Crippen molar-refractivity contribution >= 4 is 27.8 Å². The van der Waals surface area contributed by atoms with E-state index in [9.17, 15) is 9.59 Å². The molecule has 18 heavy (non-hydrogen) atoms. The number of carbonyl (C=O) groups excluding carboxylic acids is 1. The molecule has 5 nitrogen and oxygen atoms in total. The summed E-state index contributed by atoms with van der Waals surface area (Å²) in [5.41, 5.74) is 1.35. The zero-order chi connectivity index (χ0) is 13.7. The minimum Gasteiger partial charge on any atom is -0.480 e. The Morgan fingerprint density at radius 1 is 1.44 bits per heavy atom. The predicted molar refractivity (Wildman–Crippen MR) is 69.5 cm³/mol. The third kappa shape index (κ3) is 3.82.